The Balaban J connectivity index is 2.87. The van der Waals surface area contributed by atoms with Crippen molar-refractivity contribution in [3.05, 3.63) is 34.9 Å². The standard InChI is InChI=1S/C13H17Cl2NO/c14-7-1-3-10-5-6-11(4-2-8-15)12(9-10)13(16)17/h5-6,9H,1-4,7-8H2,(H2,16,17). The number of hydrogen-bond acceptors (Lipinski definition) is 1. The summed E-state index contributed by atoms with van der Waals surface area (Å²) >= 11 is 11.3. The van der Waals surface area contributed by atoms with Gasteiger partial charge in [-0.2, -0.15) is 0 Å². The minimum atomic E-state index is -0.373. The highest BCUT2D eigenvalue weighted by Gasteiger charge is 2.08. The fraction of sp³-hybridized carbons (Fsp3) is 0.462. The zero-order chi connectivity index (χ0) is 12.7. The van der Waals surface area contributed by atoms with Gasteiger partial charge >= 0.3 is 0 Å². The first-order valence-electron chi connectivity index (χ1n) is 5.72. The Bertz CT molecular complexity index is 380. The van der Waals surface area contributed by atoms with Crippen molar-refractivity contribution >= 4 is 29.1 Å². The van der Waals surface area contributed by atoms with Crippen LogP contribution >= 0.6 is 23.2 Å². The van der Waals surface area contributed by atoms with Gasteiger partial charge in [0, 0.05) is 17.3 Å². The van der Waals surface area contributed by atoms with E-state index in [1.165, 1.54) is 0 Å². The lowest BCUT2D eigenvalue weighted by Gasteiger charge is -2.08. The minimum Gasteiger partial charge on any atom is -0.366 e. The number of carbonyl (C=O) groups excluding carboxylic acids is 1. The molecule has 2 nitrogen and oxygen atoms in total. The Morgan fingerprint density at radius 2 is 1.76 bits per heavy atom. The smallest absolute Gasteiger partial charge is 0.248 e. The van der Waals surface area contributed by atoms with Crippen LogP contribution in [-0.4, -0.2) is 17.7 Å². The lowest BCUT2D eigenvalue weighted by atomic mass is 9.98. The van der Waals surface area contributed by atoms with Gasteiger partial charge in [0.15, 0.2) is 0 Å². The van der Waals surface area contributed by atoms with Gasteiger partial charge in [-0.15, -0.1) is 23.2 Å². The van der Waals surface area contributed by atoms with E-state index in [4.69, 9.17) is 28.9 Å². The van der Waals surface area contributed by atoms with Gasteiger partial charge in [0.1, 0.15) is 0 Å². The van der Waals surface area contributed by atoms with Crippen LogP contribution < -0.4 is 5.73 Å². The van der Waals surface area contributed by atoms with Gasteiger partial charge in [-0.3, -0.25) is 4.79 Å². The van der Waals surface area contributed by atoms with E-state index in [2.05, 4.69) is 0 Å². The normalized spacial score (nSPS) is 10.5. The van der Waals surface area contributed by atoms with Gasteiger partial charge in [0.05, 0.1) is 0 Å². The number of nitrogens with two attached hydrogens (primary N) is 1. The number of carbonyl (C=O) groups is 1. The average Bonchev–Trinajstić information content (AvgIpc) is 2.34. The maximum Gasteiger partial charge on any atom is 0.248 e. The van der Waals surface area contributed by atoms with Crippen molar-refractivity contribution in [2.24, 2.45) is 5.73 Å². The molecule has 0 saturated heterocycles. The van der Waals surface area contributed by atoms with E-state index in [-0.39, 0.29) is 5.91 Å². The van der Waals surface area contributed by atoms with E-state index in [9.17, 15) is 4.79 Å². The fourth-order valence-electron chi connectivity index (χ4n) is 1.75. The maximum atomic E-state index is 11.4. The highest BCUT2D eigenvalue weighted by molar-refractivity contribution is 6.18. The van der Waals surface area contributed by atoms with Gasteiger partial charge < -0.3 is 5.73 Å². The molecule has 0 bridgehead atoms. The second-order valence-electron chi connectivity index (χ2n) is 3.94. The zero-order valence-electron chi connectivity index (χ0n) is 9.72. The first kappa shape index (κ1) is 14.3. The number of hydrogen-bond donors (Lipinski definition) is 1. The number of primary amides is 1. The second-order valence-corrected chi connectivity index (χ2v) is 4.70. The van der Waals surface area contributed by atoms with Crippen LogP contribution in [0.2, 0.25) is 0 Å². The molecule has 0 saturated carbocycles. The average molecular weight is 274 g/mol. The molecule has 0 spiro atoms. The van der Waals surface area contributed by atoms with Crippen LogP contribution in [0.1, 0.15) is 34.3 Å². The summed E-state index contributed by atoms with van der Waals surface area (Å²) in [4.78, 5) is 11.4. The highest BCUT2D eigenvalue weighted by atomic mass is 35.5. The highest BCUT2D eigenvalue weighted by Crippen LogP contribution is 2.15. The number of halogens is 2. The Morgan fingerprint density at radius 1 is 1.12 bits per heavy atom. The van der Waals surface area contributed by atoms with Crippen LogP contribution in [0.5, 0.6) is 0 Å². The first-order valence-corrected chi connectivity index (χ1v) is 6.79. The number of alkyl halides is 2. The summed E-state index contributed by atoms with van der Waals surface area (Å²) in [5.74, 6) is 0.842. The maximum absolute atomic E-state index is 11.4. The van der Waals surface area contributed by atoms with Crippen LogP contribution in [0, 0.1) is 0 Å². The van der Waals surface area contributed by atoms with E-state index in [0.29, 0.717) is 17.3 Å². The topological polar surface area (TPSA) is 43.1 Å². The summed E-state index contributed by atoms with van der Waals surface area (Å²) in [6, 6.07) is 5.87. The SMILES string of the molecule is NC(=O)c1cc(CCCCl)ccc1CCCCl. The van der Waals surface area contributed by atoms with Crippen molar-refractivity contribution in [1.29, 1.82) is 0 Å². The molecule has 0 atom stereocenters. The van der Waals surface area contributed by atoms with Crippen molar-refractivity contribution < 1.29 is 4.79 Å². The summed E-state index contributed by atoms with van der Waals surface area (Å²) in [6.07, 6.45) is 3.42. The molecule has 0 aliphatic heterocycles. The third-order valence-corrected chi connectivity index (χ3v) is 3.15. The number of benzene rings is 1. The number of aryl methyl sites for hydroxylation is 2. The van der Waals surface area contributed by atoms with Crippen molar-refractivity contribution in [3.8, 4) is 0 Å². The molecule has 0 aliphatic carbocycles. The molecule has 4 heteroatoms. The Hall–Kier alpha value is -0.730. The molecule has 0 aliphatic rings. The first-order chi connectivity index (χ1) is 8.19. The summed E-state index contributed by atoms with van der Waals surface area (Å²) in [5.41, 5.74) is 8.08. The lowest BCUT2D eigenvalue weighted by molar-refractivity contribution is 0.0999. The Labute approximate surface area is 112 Å². The van der Waals surface area contributed by atoms with Gasteiger partial charge in [-0.1, -0.05) is 12.1 Å². The molecule has 94 valence electrons. The molecular weight excluding hydrogens is 257 g/mol. The monoisotopic (exact) mass is 273 g/mol. The molecule has 1 aromatic carbocycles. The molecular formula is C13H17Cl2NO. The fourth-order valence-corrected chi connectivity index (χ4v) is 2.02. The summed E-state index contributed by atoms with van der Waals surface area (Å²) in [5, 5.41) is 0. The molecule has 17 heavy (non-hydrogen) atoms. The van der Waals surface area contributed by atoms with Crippen molar-refractivity contribution in [3.63, 3.8) is 0 Å². The van der Waals surface area contributed by atoms with Crippen LogP contribution in [0.3, 0.4) is 0 Å². The molecule has 0 aromatic heterocycles. The third kappa shape index (κ3) is 4.57. The molecule has 0 unspecified atom stereocenters. The quantitative estimate of drug-likeness (QED) is 0.763. The van der Waals surface area contributed by atoms with Gasteiger partial charge in [0.2, 0.25) is 5.91 Å². The summed E-state index contributed by atoms with van der Waals surface area (Å²) in [6.45, 7) is 0. The molecule has 0 fully saturated rings. The summed E-state index contributed by atoms with van der Waals surface area (Å²) < 4.78 is 0. The predicted octanol–water partition coefficient (Wildman–Crippen LogP) is 3.13. The van der Waals surface area contributed by atoms with Crippen molar-refractivity contribution in [2.75, 3.05) is 11.8 Å². The Kier molecular flexibility index (Phi) is 6.38. The lowest BCUT2D eigenvalue weighted by Crippen LogP contribution is -2.14. The van der Waals surface area contributed by atoms with Gasteiger partial charge in [-0.05, 0) is 42.9 Å². The van der Waals surface area contributed by atoms with Crippen LogP contribution in [0.25, 0.3) is 0 Å². The van der Waals surface area contributed by atoms with Gasteiger partial charge in [0.25, 0.3) is 0 Å². The van der Waals surface area contributed by atoms with E-state index in [0.717, 1.165) is 36.8 Å². The Morgan fingerprint density at radius 3 is 2.35 bits per heavy atom. The third-order valence-electron chi connectivity index (χ3n) is 2.62. The van der Waals surface area contributed by atoms with Crippen LogP contribution in [0.15, 0.2) is 18.2 Å². The van der Waals surface area contributed by atoms with E-state index in [1.807, 2.05) is 18.2 Å². The van der Waals surface area contributed by atoms with Gasteiger partial charge in [-0.25, -0.2) is 0 Å². The molecule has 1 rings (SSSR count). The van der Waals surface area contributed by atoms with E-state index >= 15 is 0 Å². The molecule has 1 aromatic rings. The number of amides is 1. The molecule has 1 amide bonds. The number of rotatable bonds is 7. The predicted molar refractivity (Wildman–Crippen MR) is 73.0 cm³/mol. The molecule has 2 N–H and O–H groups in total. The van der Waals surface area contributed by atoms with Crippen molar-refractivity contribution in [1.82, 2.24) is 0 Å². The van der Waals surface area contributed by atoms with Crippen LogP contribution in [0.4, 0.5) is 0 Å². The molecule has 0 heterocycles. The van der Waals surface area contributed by atoms with E-state index in [1.54, 1.807) is 0 Å². The minimum absolute atomic E-state index is 0.373. The largest absolute Gasteiger partial charge is 0.366 e. The van der Waals surface area contributed by atoms with Crippen molar-refractivity contribution in [2.45, 2.75) is 25.7 Å². The van der Waals surface area contributed by atoms with Crippen LogP contribution in [-0.2, 0) is 12.8 Å². The second kappa shape index (κ2) is 7.57. The zero-order valence-corrected chi connectivity index (χ0v) is 11.2. The van der Waals surface area contributed by atoms with E-state index < -0.39 is 0 Å². The molecule has 0 radical (unpaired) electrons. The summed E-state index contributed by atoms with van der Waals surface area (Å²) in [7, 11) is 0.